The maximum atomic E-state index is 13.3. The number of hydrogen-bond acceptors (Lipinski definition) is 4. The summed E-state index contributed by atoms with van der Waals surface area (Å²) in [5.41, 5.74) is -1.21. The van der Waals surface area contributed by atoms with Gasteiger partial charge in [0.1, 0.15) is 17.6 Å². The van der Waals surface area contributed by atoms with Crippen molar-refractivity contribution in [1.82, 2.24) is 8.75 Å². The molecule has 1 aromatic carbocycles. The lowest BCUT2D eigenvalue weighted by atomic mass is 10.0. The number of alkyl halides is 3. The summed E-state index contributed by atoms with van der Waals surface area (Å²) in [5.74, 6) is -1.43. The Bertz CT molecular complexity index is 541. The molecule has 0 aliphatic carbocycles. The normalized spacial score (nSPS) is 13.6. The third kappa shape index (κ3) is 2.49. The summed E-state index contributed by atoms with van der Waals surface area (Å²) in [6, 6.07) is 2.25. The van der Waals surface area contributed by atoms with Gasteiger partial charge in [-0.25, -0.2) is 4.39 Å². The van der Waals surface area contributed by atoms with Crippen LogP contribution in [0.3, 0.4) is 0 Å². The van der Waals surface area contributed by atoms with E-state index >= 15 is 0 Å². The second-order valence-corrected chi connectivity index (χ2v) is 4.03. The smallest absolute Gasteiger partial charge is 0.382 e. The highest BCUT2D eigenvalue weighted by atomic mass is 32.1. The Labute approximate surface area is 103 Å². The first kappa shape index (κ1) is 12.9. The lowest BCUT2D eigenvalue weighted by Gasteiger charge is -2.11. The molecule has 1 unspecified atom stereocenters. The molecule has 2 rings (SSSR count). The molecule has 18 heavy (non-hydrogen) atoms. The number of aromatic nitrogens is 2. The third-order valence-corrected chi connectivity index (χ3v) is 2.76. The fraction of sp³-hybridized carbons (Fsp3) is 0.200. The molecule has 1 atom stereocenters. The zero-order valence-electron chi connectivity index (χ0n) is 8.65. The van der Waals surface area contributed by atoms with Crippen molar-refractivity contribution < 1.29 is 22.7 Å². The van der Waals surface area contributed by atoms with Crippen LogP contribution in [0, 0.1) is 5.82 Å². The van der Waals surface area contributed by atoms with E-state index in [1.807, 2.05) is 0 Å². The molecule has 0 bridgehead atoms. The van der Waals surface area contributed by atoms with Crippen molar-refractivity contribution in [1.29, 1.82) is 0 Å². The number of nitrogens with zero attached hydrogens (tertiary/aromatic N) is 2. The summed E-state index contributed by atoms with van der Waals surface area (Å²) in [5, 5.41) is 9.76. The number of halogens is 4. The number of rotatable bonds is 2. The van der Waals surface area contributed by atoms with Crippen LogP contribution in [0.4, 0.5) is 17.6 Å². The quantitative estimate of drug-likeness (QED) is 0.859. The van der Waals surface area contributed by atoms with Crippen LogP contribution < -0.4 is 0 Å². The van der Waals surface area contributed by atoms with Crippen LogP contribution in [-0.2, 0) is 6.18 Å². The summed E-state index contributed by atoms with van der Waals surface area (Å²) in [6.45, 7) is 0. The maximum Gasteiger partial charge on any atom is 0.419 e. The van der Waals surface area contributed by atoms with Crippen LogP contribution in [-0.4, -0.2) is 13.9 Å². The Morgan fingerprint density at radius 3 is 2.50 bits per heavy atom. The number of aliphatic hydroxyl groups excluding tert-OH is 1. The van der Waals surface area contributed by atoms with Gasteiger partial charge < -0.3 is 5.11 Å². The second kappa shape index (κ2) is 4.62. The fourth-order valence-electron chi connectivity index (χ4n) is 1.39. The van der Waals surface area contributed by atoms with Gasteiger partial charge in [-0.3, -0.25) is 0 Å². The van der Waals surface area contributed by atoms with Crippen LogP contribution in [0.25, 0.3) is 0 Å². The second-order valence-electron chi connectivity index (χ2n) is 3.47. The minimum absolute atomic E-state index is 0.00630. The van der Waals surface area contributed by atoms with Crippen molar-refractivity contribution in [3.05, 3.63) is 47.0 Å². The fourth-order valence-corrected chi connectivity index (χ4v) is 1.84. The third-order valence-electron chi connectivity index (χ3n) is 2.27. The summed E-state index contributed by atoms with van der Waals surface area (Å²) in [7, 11) is 0. The monoisotopic (exact) mass is 278 g/mol. The molecule has 0 saturated heterocycles. The Kier molecular flexibility index (Phi) is 3.31. The van der Waals surface area contributed by atoms with Crippen LogP contribution in [0.15, 0.2) is 24.4 Å². The molecule has 0 amide bonds. The predicted molar refractivity (Wildman–Crippen MR) is 55.4 cm³/mol. The van der Waals surface area contributed by atoms with Crippen LogP contribution in [0.2, 0.25) is 0 Å². The highest BCUT2D eigenvalue weighted by Gasteiger charge is 2.34. The van der Waals surface area contributed by atoms with E-state index in [0.29, 0.717) is 12.1 Å². The van der Waals surface area contributed by atoms with Gasteiger partial charge in [-0.05, 0) is 17.7 Å². The minimum atomic E-state index is -4.75. The minimum Gasteiger partial charge on any atom is -0.382 e. The summed E-state index contributed by atoms with van der Waals surface area (Å²) >= 11 is 0.840. The summed E-state index contributed by atoms with van der Waals surface area (Å²) < 4.78 is 57.7. The number of aliphatic hydroxyl groups is 1. The molecule has 0 aliphatic heterocycles. The highest BCUT2D eigenvalue weighted by Crippen LogP contribution is 2.33. The van der Waals surface area contributed by atoms with E-state index in [-0.39, 0.29) is 11.3 Å². The van der Waals surface area contributed by atoms with E-state index in [1.165, 1.54) is 6.20 Å². The van der Waals surface area contributed by atoms with Crippen LogP contribution in [0.1, 0.15) is 22.9 Å². The van der Waals surface area contributed by atoms with Crippen molar-refractivity contribution in [2.24, 2.45) is 0 Å². The molecule has 1 aromatic heterocycles. The van der Waals surface area contributed by atoms with E-state index in [9.17, 15) is 22.7 Å². The predicted octanol–water partition coefficient (Wildman–Crippen LogP) is 2.78. The summed E-state index contributed by atoms with van der Waals surface area (Å²) in [6.07, 6.45) is -4.78. The standard InChI is InChI=1S/C10H6F4N2OS/c11-7-3-5(1-2-6(7)10(12,13)14)9(17)8-4-15-18-16-8/h1-4,9,17H. The zero-order chi connectivity index (χ0) is 13.3. The molecule has 0 spiro atoms. The molecule has 1 N–H and O–H groups in total. The van der Waals surface area contributed by atoms with Crippen molar-refractivity contribution in [3.8, 4) is 0 Å². The van der Waals surface area contributed by atoms with Gasteiger partial charge in [-0.1, -0.05) is 6.07 Å². The van der Waals surface area contributed by atoms with Crippen molar-refractivity contribution in [2.45, 2.75) is 12.3 Å². The number of hydrogen-bond donors (Lipinski definition) is 1. The topological polar surface area (TPSA) is 46.0 Å². The van der Waals surface area contributed by atoms with Gasteiger partial charge >= 0.3 is 6.18 Å². The first-order valence-corrected chi connectivity index (χ1v) is 5.45. The van der Waals surface area contributed by atoms with Crippen LogP contribution in [0.5, 0.6) is 0 Å². The first-order valence-electron chi connectivity index (χ1n) is 4.72. The van der Waals surface area contributed by atoms with Crippen LogP contribution >= 0.6 is 11.7 Å². The molecule has 3 nitrogen and oxygen atoms in total. The first-order chi connectivity index (χ1) is 8.39. The highest BCUT2D eigenvalue weighted by molar-refractivity contribution is 6.99. The van der Waals surface area contributed by atoms with Gasteiger partial charge in [0.05, 0.1) is 23.5 Å². The Morgan fingerprint density at radius 2 is 2.00 bits per heavy atom. The number of benzene rings is 1. The van der Waals surface area contributed by atoms with Gasteiger partial charge in [0, 0.05) is 0 Å². The molecule has 0 saturated carbocycles. The van der Waals surface area contributed by atoms with E-state index < -0.39 is 23.7 Å². The van der Waals surface area contributed by atoms with E-state index in [1.54, 1.807) is 0 Å². The lowest BCUT2D eigenvalue weighted by Crippen LogP contribution is -2.09. The van der Waals surface area contributed by atoms with Crippen molar-refractivity contribution >= 4 is 11.7 Å². The Balaban J connectivity index is 2.35. The lowest BCUT2D eigenvalue weighted by molar-refractivity contribution is -0.140. The Hall–Kier alpha value is -1.54. The average molecular weight is 278 g/mol. The molecule has 96 valence electrons. The van der Waals surface area contributed by atoms with Gasteiger partial charge in [0.15, 0.2) is 0 Å². The molecule has 0 aliphatic rings. The maximum absolute atomic E-state index is 13.3. The van der Waals surface area contributed by atoms with E-state index in [4.69, 9.17) is 0 Å². The molecule has 8 heteroatoms. The van der Waals surface area contributed by atoms with Crippen molar-refractivity contribution in [3.63, 3.8) is 0 Å². The van der Waals surface area contributed by atoms with Gasteiger partial charge in [-0.2, -0.15) is 21.9 Å². The van der Waals surface area contributed by atoms with Gasteiger partial charge in [-0.15, -0.1) is 0 Å². The summed E-state index contributed by atoms with van der Waals surface area (Å²) in [4.78, 5) is 0. The van der Waals surface area contributed by atoms with Crippen molar-refractivity contribution in [2.75, 3.05) is 0 Å². The van der Waals surface area contributed by atoms with E-state index in [2.05, 4.69) is 8.75 Å². The SMILES string of the molecule is OC(c1ccc(C(F)(F)F)c(F)c1)c1cnsn1. The molecule has 0 radical (unpaired) electrons. The van der Waals surface area contributed by atoms with E-state index in [0.717, 1.165) is 17.8 Å². The molecular formula is C10H6F4N2OS. The zero-order valence-corrected chi connectivity index (χ0v) is 9.46. The molecule has 1 heterocycles. The molecule has 2 aromatic rings. The molecule has 0 fully saturated rings. The largest absolute Gasteiger partial charge is 0.419 e. The average Bonchev–Trinajstić information content (AvgIpc) is 2.79. The van der Waals surface area contributed by atoms with Gasteiger partial charge in [0.25, 0.3) is 0 Å². The van der Waals surface area contributed by atoms with Gasteiger partial charge in [0.2, 0.25) is 0 Å². The Morgan fingerprint density at radius 1 is 1.28 bits per heavy atom. The molecular weight excluding hydrogens is 272 g/mol.